The summed E-state index contributed by atoms with van der Waals surface area (Å²) in [7, 11) is 0. The van der Waals surface area contributed by atoms with Crippen molar-refractivity contribution in [2.75, 3.05) is 24.5 Å². The molecule has 1 fully saturated rings. The third kappa shape index (κ3) is 2.40. The number of piperidine rings is 1. The van der Waals surface area contributed by atoms with E-state index < -0.39 is 0 Å². The predicted molar refractivity (Wildman–Crippen MR) is 83.2 cm³/mol. The molecule has 0 saturated carbocycles. The highest BCUT2D eigenvalue weighted by Crippen LogP contribution is 2.33. The molecule has 2 aromatic heterocycles. The molecule has 4 nitrogen and oxygen atoms in total. The molecule has 1 aliphatic rings. The zero-order chi connectivity index (χ0) is 14.2. The Balaban J connectivity index is 2.03. The molecule has 108 valence electrons. The van der Waals surface area contributed by atoms with Crippen LogP contribution >= 0.6 is 0 Å². The lowest BCUT2D eigenvalue weighted by atomic mass is 9.84. The van der Waals surface area contributed by atoms with Gasteiger partial charge in [-0.05, 0) is 36.9 Å². The molecule has 1 aliphatic heterocycles. The zero-order valence-corrected chi connectivity index (χ0v) is 12.5. The quantitative estimate of drug-likeness (QED) is 0.933. The minimum atomic E-state index is 0.369. The van der Waals surface area contributed by atoms with Gasteiger partial charge in [-0.15, -0.1) is 0 Å². The Hall–Kier alpha value is -1.55. The molecule has 3 heterocycles. The number of nitrogens with zero attached hydrogens (tertiary/aromatic N) is 3. The van der Waals surface area contributed by atoms with Gasteiger partial charge in [-0.25, -0.2) is 4.98 Å². The fraction of sp³-hybridized carbons (Fsp3) is 0.562. The maximum absolute atomic E-state index is 5.80. The molecule has 20 heavy (non-hydrogen) atoms. The van der Waals surface area contributed by atoms with Gasteiger partial charge in [-0.1, -0.05) is 19.9 Å². The molecule has 0 aliphatic carbocycles. The Morgan fingerprint density at radius 1 is 1.35 bits per heavy atom. The summed E-state index contributed by atoms with van der Waals surface area (Å²) in [5.74, 6) is 1.13. The van der Waals surface area contributed by atoms with E-state index in [4.69, 9.17) is 10.7 Å². The number of pyridine rings is 1. The molecule has 0 radical (unpaired) electrons. The summed E-state index contributed by atoms with van der Waals surface area (Å²) in [4.78, 5) is 7.30. The highest BCUT2D eigenvalue weighted by molar-refractivity contribution is 5.56. The number of imidazole rings is 1. The molecule has 0 spiro atoms. The van der Waals surface area contributed by atoms with Crippen molar-refractivity contribution in [2.45, 2.75) is 33.1 Å². The van der Waals surface area contributed by atoms with E-state index in [2.05, 4.69) is 41.5 Å². The number of nitrogens with two attached hydrogens (primary N) is 1. The Morgan fingerprint density at radius 3 is 2.95 bits per heavy atom. The fourth-order valence-corrected chi connectivity index (χ4v) is 3.26. The van der Waals surface area contributed by atoms with Crippen molar-refractivity contribution in [2.24, 2.45) is 11.1 Å². The van der Waals surface area contributed by atoms with E-state index in [9.17, 15) is 0 Å². The van der Waals surface area contributed by atoms with Gasteiger partial charge in [0, 0.05) is 25.7 Å². The first-order valence-electron chi connectivity index (χ1n) is 7.52. The average molecular weight is 272 g/mol. The molecule has 0 amide bonds. The number of hydrogen-bond donors (Lipinski definition) is 1. The van der Waals surface area contributed by atoms with E-state index in [0.29, 0.717) is 12.0 Å². The van der Waals surface area contributed by atoms with Crippen LogP contribution in [0.4, 0.5) is 5.82 Å². The number of rotatable bonds is 3. The summed E-state index contributed by atoms with van der Waals surface area (Å²) in [6.07, 6.45) is 5.50. The maximum atomic E-state index is 5.80. The number of fused-ring (bicyclic) bond motifs is 1. The van der Waals surface area contributed by atoms with E-state index in [1.54, 1.807) is 0 Å². The minimum Gasteiger partial charge on any atom is -0.355 e. The van der Waals surface area contributed by atoms with Gasteiger partial charge >= 0.3 is 0 Å². The molecule has 3 rings (SSSR count). The predicted octanol–water partition coefficient (Wildman–Crippen LogP) is 2.46. The third-order valence-corrected chi connectivity index (χ3v) is 4.19. The van der Waals surface area contributed by atoms with Gasteiger partial charge in [-0.3, -0.25) is 0 Å². The maximum Gasteiger partial charge on any atom is 0.151 e. The third-order valence-electron chi connectivity index (χ3n) is 4.19. The first kappa shape index (κ1) is 13.4. The first-order valence-corrected chi connectivity index (χ1v) is 7.52. The lowest BCUT2D eigenvalue weighted by Crippen LogP contribution is -2.40. The summed E-state index contributed by atoms with van der Waals surface area (Å²) in [5.41, 5.74) is 8.45. The van der Waals surface area contributed by atoms with Crippen LogP contribution < -0.4 is 10.6 Å². The Labute approximate surface area is 120 Å². The molecule has 2 aromatic rings. The van der Waals surface area contributed by atoms with Crippen LogP contribution in [0.15, 0.2) is 24.4 Å². The van der Waals surface area contributed by atoms with E-state index in [1.807, 2.05) is 6.07 Å². The highest BCUT2D eigenvalue weighted by atomic mass is 15.2. The van der Waals surface area contributed by atoms with E-state index in [-0.39, 0.29) is 0 Å². The Kier molecular flexibility index (Phi) is 3.42. The Bertz CT molecular complexity index is 600. The number of anilines is 1. The van der Waals surface area contributed by atoms with Crippen LogP contribution in [0.2, 0.25) is 0 Å². The summed E-state index contributed by atoms with van der Waals surface area (Å²) in [6.45, 7) is 7.53. The molecule has 4 heteroatoms. The lowest BCUT2D eigenvalue weighted by Gasteiger charge is -2.38. The van der Waals surface area contributed by atoms with E-state index in [1.165, 1.54) is 18.5 Å². The van der Waals surface area contributed by atoms with Gasteiger partial charge in [-0.2, -0.15) is 0 Å². The molecule has 0 aromatic carbocycles. The smallest absolute Gasteiger partial charge is 0.151 e. The van der Waals surface area contributed by atoms with Crippen LogP contribution in [0.5, 0.6) is 0 Å². The second-order valence-electron chi connectivity index (χ2n) is 6.54. The van der Waals surface area contributed by atoms with Crippen molar-refractivity contribution in [1.82, 2.24) is 9.38 Å². The van der Waals surface area contributed by atoms with Crippen LogP contribution in [0.3, 0.4) is 0 Å². The highest BCUT2D eigenvalue weighted by Gasteiger charge is 2.29. The lowest BCUT2D eigenvalue weighted by molar-refractivity contribution is 0.292. The fourth-order valence-electron chi connectivity index (χ4n) is 3.26. The monoisotopic (exact) mass is 272 g/mol. The van der Waals surface area contributed by atoms with Crippen LogP contribution in [-0.2, 0) is 6.42 Å². The van der Waals surface area contributed by atoms with Gasteiger partial charge < -0.3 is 15.0 Å². The molecular weight excluding hydrogens is 248 g/mol. The molecule has 1 saturated heterocycles. The SMILES string of the molecule is CC1(C)CCCN(c2nc3ccccn3c2CCN)C1. The van der Waals surface area contributed by atoms with Crippen molar-refractivity contribution < 1.29 is 0 Å². The first-order chi connectivity index (χ1) is 9.61. The summed E-state index contributed by atoms with van der Waals surface area (Å²) in [5, 5.41) is 0. The van der Waals surface area contributed by atoms with E-state index >= 15 is 0 Å². The van der Waals surface area contributed by atoms with E-state index in [0.717, 1.165) is 31.0 Å². The van der Waals surface area contributed by atoms with Crippen LogP contribution in [0.1, 0.15) is 32.4 Å². The van der Waals surface area contributed by atoms with Gasteiger partial charge in [0.05, 0.1) is 5.69 Å². The normalized spacial score (nSPS) is 18.6. The van der Waals surface area contributed by atoms with Crippen molar-refractivity contribution >= 4 is 11.5 Å². The van der Waals surface area contributed by atoms with Gasteiger partial charge in [0.1, 0.15) is 5.65 Å². The Morgan fingerprint density at radius 2 is 2.20 bits per heavy atom. The zero-order valence-electron chi connectivity index (χ0n) is 12.5. The minimum absolute atomic E-state index is 0.369. The van der Waals surface area contributed by atoms with Crippen LogP contribution in [0, 0.1) is 5.41 Å². The summed E-state index contributed by atoms with van der Waals surface area (Å²) >= 11 is 0. The second kappa shape index (κ2) is 5.09. The molecule has 0 atom stereocenters. The summed E-state index contributed by atoms with van der Waals surface area (Å²) in [6, 6.07) is 6.16. The van der Waals surface area contributed by atoms with Crippen molar-refractivity contribution in [3.63, 3.8) is 0 Å². The number of hydrogen-bond acceptors (Lipinski definition) is 3. The number of aromatic nitrogens is 2. The molecular formula is C16H24N4. The van der Waals surface area contributed by atoms with Crippen molar-refractivity contribution in [1.29, 1.82) is 0 Å². The van der Waals surface area contributed by atoms with Gasteiger partial charge in [0.25, 0.3) is 0 Å². The molecule has 2 N–H and O–H groups in total. The standard InChI is InChI=1S/C16H24N4/c1-16(2)8-5-10-19(12-16)15-13(7-9-17)20-11-4-3-6-14(20)18-15/h3-4,6,11H,5,7-10,12,17H2,1-2H3. The van der Waals surface area contributed by atoms with Gasteiger partial charge in [0.2, 0.25) is 0 Å². The van der Waals surface area contributed by atoms with Crippen molar-refractivity contribution in [3.8, 4) is 0 Å². The molecule has 0 unspecified atom stereocenters. The largest absolute Gasteiger partial charge is 0.355 e. The summed E-state index contributed by atoms with van der Waals surface area (Å²) < 4.78 is 2.18. The topological polar surface area (TPSA) is 46.6 Å². The van der Waals surface area contributed by atoms with Crippen molar-refractivity contribution in [3.05, 3.63) is 30.1 Å². The van der Waals surface area contributed by atoms with Gasteiger partial charge in [0.15, 0.2) is 5.82 Å². The van der Waals surface area contributed by atoms with Crippen LogP contribution in [-0.4, -0.2) is 29.0 Å². The van der Waals surface area contributed by atoms with Crippen LogP contribution in [0.25, 0.3) is 5.65 Å². The average Bonchev–Trinajstić information content (AvgIpc) is 2.77. The molecule has 0 bridgehead atoms. The second-order valence-corrected chi connectivity index (χ2v) is 6.54.